The fourth-order valence-corrected chi connectivity index (χ4v) is 9.67. The average Bonchev–Trinajstić information content (AvgIpc) is 3.86. The van der Waals surface area contributed by atoms with Gasteiger partial charge >= 0.3 is 6.85 Å². The Kier molecular flexibility index (Phi) is 8.93. The summed E-state index contributed by atoms with van der Waals surface area (Å²) in [6, 6.07) is 54.8. The molecule has 0 unspecified atom stereocenters. The molecule has 9 aromatic rings. The monoisotopic (exact) mass is 1000 g/mol. The SMILES string of the molecule is [2H]C([2H])([2H])[n+]1[c-]n2c3c1B(c1c(-c4ccccc4)cccc1-c1ccccc1)N(C)C=C3C(C)(C)c1ccc(Oc3[c-]c4c(cc3)c3ccccc3n4-c3cc(C(C)(C)C)ccn3)[c-]c1-2.[Pt]. The molecule has 0 radical (unpaired) electrons. The minimum Gasteiger partial charge on any atom is -0.510 e. The van der Waals surface area contributed by atoms with E-state index in [0.29, 0.717) is 22.8 Å². The van der Waals surface area contributed by atoms with Crippen molar-refractivity contribution in [2.24, 2.45) is 6.98 Å². The molecule has 2 aliphatic heterocycles. The summed E-state index contributed by atoms with van der Waals surface area (Å²) in [5, 5.41) is 2.14. The van der Waals surface area contributed by atoms with Crippen LogP contribution < -0.4 is 20.4 Å². The van der Waals surface area contributed by atoms with Crippen LogP contribution >= 0.6 is 0 Å². The van der Waals surface area contributed by atoms with E-state index in [-0.39, 0.29) is 26.5 Å². The Hall–Kier alpha value is -6.43. The van der Waals surface area contributed by atoms with Crippen LogP contribution in [-0.4, -0.2) is 32.8 Å². The first-order valence-electron chi connectivity index (χ1n) is 22.6. The summed E-state index contributed by atoms with van der Waals surface area (Å²) >= 11 is 0. The summed E-state index contributed by atoms with van der Waals surface area (Å²) in [5.74, 6) is 1.80. The fraction of sp³-hybridized carbons (Fsp3) is 0.164. The van der Waals surface area contributed by atoms with Crippen LogP contribution in [-0.2, 0) is 38.9 Å². The third kappa shape index (κ3) is 6.51. The first-order valence-corrected chi connectivity index (χ1v) is 21.1. The predicted molar refractivity (Wildman–Crippen MR) is 252 cm³/mol. The van der Waals surface area contributed by atoms with Gasteiger partial charge in [0.2, 0.25) is 6.33 Å². The zero-order valence-electron chi connectivity index (χ0n) is 39.0. The summed E-state index contributed by atoms with van der Waals surface area (Å²) in [5.41, 5.74) is 11.7. The van der Waals surface area contributed by atoms with Gasteiger partial charge in [-0.2, -0.15) is 12.1 Å². The molecule has 0 aliphatic carbocycles. The summed E-state index contributed by atoms with van der Waals surface area (Å²) < 4.78 is 39.2. The molecule has 8 heteroatoms. The van der Waals surface area contributed by atoms with Crippen molar-refractivity contribution in [3.63, 3.8) is 0 Å². The van der Waals surface area contributed by atoms with Gasteiger partial charge in [-0.3, -0.25) is 0 Å². The largest absolute Gasteiger partial charge is 0.510 e. The van der Waals surface area contributed by atoms with Gasteiger partial charge in [-0.25, -0.2) is 4.98 Å². The van der Waals surface area contributed by atoms with E-state index >= 15 is 0 Å². The van der Waals surface area contributed by atoms with Crippen LogP contribution in [0.15, 0.2) is 152 Å². The Balaban J connectivity index is 0.00000511. The van der Waals surface area contributed by atoms with Crippen LogP contribution in [0.25, 0.3) is 61.1 Å². The second kappa shape index (κ2) is 15.1. The van der Waals surface area contributed by atoms with Crippen molar-refractivity contribution < 1.29 is 34.5 Å². The molecule has 0 bridgehead atoms. The van der Waals surface area contributed by atoms with E-state index in [4.69, 9.17) is 13.8 Å². The van der Waals surface area contributed by atoms with E-state index in [1.807, 2.05) is 65.4 Å². The number of ether oxygens (including phenoxy) is 1. The zero-order chi connectivity index (χ0) is 45.0. The Morgan fingerprint density at radius 3 is 2.13 bits per heavy atom. The van der Waals surface area contributed by atoms with Crippen molar-refractivity contribution in [1.82, 2.24) is 18.9 Å². The fourth-order valence-electron chi connectivity index (χ4n) is 9.67. The third-order valence-electron chi connectivity index (χ3n) is 12.8. The number of para-hydroxylation sites is 1. The van der Waals surface area contributed by atoms with E-state index in [1.54, 1.807) is 0 Å². The zero-order valence-corrected chi connectivity index (χ0v) is 38.2. The average molecular weight is 1000 g/mol. The molecule has 0 atom stereocenters. The van der Waals surface area contributed by atoms with Gasteiger partial charge in [0.05, 0.1) is 16.8 Å². The number of aryl methyl sites for hydroxylation is 1. The molecule has 312 valence electrons. The maximum absolute atomic E-state index is 9.01. The van der Waals surface area contributed by atoms with E-state index in [0.717, 1.165) is 72.2 Å². The number of benzene rings is 6. The van der Waals surface area contributed by atoms with Gasteiger partial charge in [-0.15, -0.1) is 35.2 Å². The van der Waals surface area contributed by atoms with Gasteiger partial charge in [0.15, 0.2) is 0 Å². The maximum Gasteiger partial charge on any atom is 0.307 e. The molecule has 2 aliphatic rings. The Bertz CT molecular complexity index is 3330. The van der Waals surface area contributed by atoms with Crippen molar-refractivity contribution in [2.75, 3.05) is 7.05 Å². The Morgan fingerprint density at radius 2 is 1.43 bits per heavy atom. The van der Waals surface area contributed by atoms with Gasteiger partial charge in [-0.05, 0) is 86.5 Å². The standard InChI is InChI=1S/C55H46BN5O.Pt/c1-54(2,3)38-29-30-57-50(31-38)61-47-24-15-14-21-43(47)44-27-25-39(32-48(44)61)62-40-26-28-45-49(33-40)60-35-58(6)53-52(60)46(55(45,4)5)34-59(7)56(53)51-41(36-17-10-8-11-18-36)22-16-23-42(51)37-19-12-9-13-20-37;/h8-31,34H,1-7H3;/q-2;/i6D3;. The summed E-state index contributed by atoms with van der Waals surface area (Å²) in [6.45, 7) is 7.94. The van der Waals surface area contributed by atoms with Crippen LogP contribution in [0, 0.1) is 18.5 Å². The molecule has 11 rings (SSSR count). The number of hydrogen-bond acceptors (Lipinski definition) is 3. The summed E-state index contributed by atoms with van der Waals surface area (Å²) in [6.07, 6.45) is 7.43. The van der Waals surface area contributed by atoms with E-state index in [2.05, 4.69) is 161 Å². The number of nitrogens with zero attached hydrogens (tertiary/aromatic N) is 5. The molecule has 0 amide bonds. The first kappa shape index (κ1) is 37.2. The van der Waals surface area contributed by atoms with Crippen molar-refractivity contribution in [2.45, 2.75) is 45.4 Å². The van der Waals surface area contributed by atoms with Crippen LogP contribution in [0.4, 0.5) is 0 Å². The summed E-state index contributed by atoms with van der Waals surface area (Å²) in [7, 11) is 2.05. The predicted octanol–water partition coefficient (Wildman–Crippen LogP) is 10.3. The molecule has 6 aromatic carbocycles. The van der Waals surface area contributed by atoms with Crippen LogP contribution in [0.3, 0.4) is 0 Å². The molecular formula is C55H46BN5OPt-2. The molecule has 0 spiro atoms. The first-order chi connectivity index (χ1) is 31.2. The summed E-state index contributed by atoms with van der Waals surface area (Å²) in [4.78, 5) is 7.03. The number of hydrogen-bond donors (Lipinski definition) is 0. The minimum absolute atomic E-state index is 0. The smallest absolute Gasteiger partial charge is 0.307 e. The number of pyridine rings is 1. The topological polar surface area (TPSA) is 39.1 Å². The van der Waals surface area contributed by atoms with Gasteiger partial charge in [0.1, 0.15) is 5.82 Å². The number of imidazole rings is 1. The van der Waals surface area contributed by atoms with Crippen LogP contribution in [0.2, 0.25) is 0 Å². The normalized spacial score (nSPS) is 14.9. The third-order valence-corrected chi connectivity index (χ3v) is 12.8. The second-order valence-electron chi connectivity index (χ2n) is 18.0. The molecule has 63 heavy (non-hydrogen) atoms. The maximum atomic E-state index is 9.01. The van der Waals surface area contributed by atoms with Crippen molar-refractivity contribution >= 4 is 45.3 Å². The van der Waals surface area contributed by atoms with Crippen molar-refractivity contribution in [3.8, 4) is 45.3 Å². The molecule has 0 saturated carbocycles. The van der Waals surface area contributed by atoms with E-state index < -0.39 is 19.2 Å². The van der Waals surface area contributed by atoms with E-state index in [1.165, 1.54) is 10.1 Å². The van der Waals surface area contributed by atoms with Gasteiger partial charge in [0, 0.05) is 49.9 Å². The van der Waals surface area contributed by atoms with Crippen LogP contribution in [0.1, 0.15) is 55.6 Å². The molecule has 6 nitrogen and oxygen atoms in total. The number of allylic oxidation sites excluding steroid dienone is 1. The Morgan fingerprint density at radius 1 is 0.762 bits per heavy atom. The molecular weight excluding hydrogens is 953 g/mol. The number of aromatic nitrogens is 4. The second-order valence-corrected chi connectivity index (χ2v) is 18.0. The van der Waals surface area contributed by atoms with Crippen molar-refractivity contribution in [1.29, 1.82) is 0 Å². The van der Waals surface area contributed by atoms with Gasteiger partial charge in [-0.1, -0.05) is 143 Å². The molecule has 3 aromatic heterocycles. The molecule has 0 N–H and O–H groups in total. The quantitative estimate of drug-likeness (QED) is 0.0947. The molecule has 0 fully saturated rings. The molecule has 0 saturated heterocycles. The Labute approximate surface area is 388 Å². The van der Waals surface area contributed by atoms with Crippen molar-refractivity contribution in [3.05, 3.63) is 187 Å². The van der Waals surface area contributed by atoms with Gasteiger partial charge < -0.3 is 23.2 Å². The van der Waals surface area contributed by atoms with E-state index in [9.17, 15) is 0 Å². The number of rotatable bonds is 6. The molecule has 5 heterocycles. The number of fused-ring (bicyclic) bond motifs is 5. The van der Waals surface area contributed by atoms with Crippen LogP contribution in [0.5, 0.6) is 11.5 Å². The van der Waals surface area contributed by atoms with Gasteiger partial charge in [0.25, 0.3) is 0 Å². The minimum atomic E-state index is -2.56.